The zero-order valence-corrected chi connectivity index (χ0v) is 17.2. The molecule has 1 heterocycles. The third-order valence-corrected chi connectivity index (χ3v) is 5.29. The molecule has 1 N–H and O–H groups in total. The fourth-order valence-electron chi connectivity index (χ4n) is 3.72. The Hall–Kier alpha value is -2.93. The number of likely N-dealkylation sites (tertiary alicyclic amines) is 1. The highest BCUT2D eigenvalue weighted by molar-refractivity contribution is 5.79. The first-order valence-electron chi connectivity index (χ1n) is 9.42. The molecular weight excluding hydrogens is 374 g/mol. The van der Waals surface area contributed by atoms with E-state index >= 15 is 0 Å². The van der Waals surface area contributed by atoms with E-state index in [2.05, 4.69) is 0 Å². The van der Waals surface area contributed by atoms with Crippen molar-refractivity contribution in [3.63, 3.8) is 0 Å². The van der Waals surface area contributed by atoms with Gasteiger partial charge in [0.15, 0.2) is 23.0 Å². The minimum absolute atomic E-state index is 0.0179. The lowest BCUT2D eigenvalue weighted by atomic mass is 9.99. The van der Waals surface area contributed by atoms with Gasteiger partial charge in [0.2, 0.25) is 5.91 Å². The second kappa shape index (κ2) is 9.05. The largest absolute Gasteiger partial charge is 0.493 e. The predicted octanol–water partition coefficient (Wildman–Crippen LogP) is 2.95. The van der Waals surface area contributed by atoms with Gasteiger partial charge in [0.05, 0.1) is 40.6 Å². The Kier molecular flexibility index (Phi) is 6.49. The van der Waals surface area contributed by atoms with Crippen LogP contribution in [0.2, 0.25) is 0 Å². The van der Waals surface area contributed by atoms with Crippen LogP contribution in [-0.2, 0) is 11.3 Å². The molecule has 1 aliphatic heterocycles. The maximum absolute atomic E-state index is 12.5. The van der Waals surface area contributed by atoms with Crippen molar-refractivity contribution in [3.8, 4) is 23.0 Å². The van der Waals surface area contributed by atoms with Crippen LogP contribution in [-0.4, -0.2) is 50.4 Å². The van der Waals surface area contributed by atoms with Gasteiger partial charge < -0.3 is 29.0 Å². The van der Waals surface area contributed by atoms with E-state index < -0.39 is 6.10 Å². The van der Waals surface area contributed by atoms with E-state index in [1.54, 1.807) is 51.5 Å². The van der Waals surface area contributed by atoms with E-state index in [4.69, 9.17) is 18.9 Å². The lowest BCUT2D eigenvalue weighted by Crippen LogP contribution is -2.36. The molecule has 156 valence electrons. The molecule has 3 rings (SSSR count). The first-order chi connectivity index (χ1) is 14.0. The van der Waals surface area contributed by atoms with Crippen molar-refractivity contribution in [2.45, 2.75) is 31.5 Å². The molecule has 0 aromatic heterocycles. The number of nitrogens with zero attached hydrogens (tertiary/aromatic N) is 1. The second-order valence-corrected chi connectivity index (χ2v) is 6.88. The summed E-state index contributed by atoms with van der Waals surface area (Å²) in [6.45, 7) is 0.383. The molecule has 7 nitrogen and oxygen atoms in total. The molecule has 2 aromatic rings. The predicted molar refractivity (Wildman–Crippen MR) is 108 cm³/mol. The van der Waals surface area contributed by atoms with Gasteiger partial charge in [-0.05, 0) is 41.8 Å². The van der Waals surface area contributed by atoms with Crippen LogP contribution in [0.4, 0.5) is 0 Å². The van der Waals surface area contributed by atoms with E-state index in [-0.39, 0.29) is 11.9 Å². The van der Waals surface area contributed by atoms with Crippen LogP contribution < -0.4 is 18.9 Å². The molecule has 0 radical (unpaired) electrons. The Labute approximate surface area is 170 Å². The number of aliphatic hydroxyl groups excluding tert-OH is 1. The van der Waals surface area contributed by atoms with Crippen molar-refractivity contribution < 1.29 is 28.8 Å². The number of carbonyl (C=O) groups is 1. The Morgan fingerprint density at radius 2 is 1.52 bits per heavy atom. The SMILES string of the molecule is COc1ccc(CN2C(=O)CC[C@@H]2[C@H](O)c2ccc(OC)c(OC)c2)cc1OC. The van der Waals surface area contributed by atoms with E-state index in [9.17, 15) is 9.90 Å². The number of aliphatic hydroxyl groups is 1. The summed E-state index contributed by atoms with van der Waals surface area (Å²) in [4.78, 5) is 14.3. The van der Waals surface area contributed by atoms with Crippen molar-refractivity contribution in [1.82, 2.24) is 4.90 Å². The summed E-state index contributed by atoms with van der Waals surface area (Å²) in [6, 6.07) is 10.5. The average Bonchev–Trinajstić information content (AvgIpc) is 3.12. The Morgan fingerprint density at radius 1 is 0.931 bits per heavy atom. The molecule has 0 spiro atoms. The summed E-state index contributed by atoms with van der Waals surface area (Å²) < 4.78 is 21.2. The number of ether oxygens (including phenoxy) is 4. The maximum atomic E-state index is 12.5. The number of benzene rings is 2. The molecular formula is C22H27NO6. The zero-order valence-electron chi connectivity index (χ0n) is 17.2. The van der Waals surface area contributed by atoms with Gasteiger partial charge in [-0.2, -0.15) is 0 Å². The van der Waals surface area contributed by atoms with Crippen LogP contribution in [0.15, 0.2) is 36.4 Å². The van der Waals surface area contributed by atoms with Gasteiger partial charge in [-0.3, -0.25) is 4.79 Å². The average molecular weight is 401 g/mol. The summed E-state index contributed by atoms with van der Waals surface area (Å²) in [7, 11) is 6.27. The molecule has 0 unspecified atom stereocenters. The number of amides is 1. The number of rotatable bonds is 8. The lowest BCUT2D eigenvalue weighted by Gasteiger charge is -2.29. The molecule has 1 aliphatic rings. The molecule has 0 aliphatic carbocycles. The van der Waals surface area contributed by atoms with E-state index in [1.807, 2.05) is 18.2 Å². The number of methoxy groups -OCH3 is 4. The van der Waals surface area contributed by atoms with Crippen LogP contribution in [0, 0.1) is 0 Å². The van der Waals surface area contributed by atoms with E-state index in [0.717, 1.165) is 5.56 Å². The van der Waals surface area contributed by atoms with Gasteiger partial charge in [-0.25, -0.2) is 0 Å². The zero-order chi connectivity index (χ0) is 21.0. The monoisotopic (exact) mass is 401 g/mol. The van der Waals surface area contributed by atoms with Gasteiger partial charge in [-0.15, -0.1) is 0 Å². The van der Waals surface area contributed by atoms with Gasteiger partial charge in [0.25, 0.3) is 0 Å². The number of hydrogen-bond donors (Lipinski definition) is 1. The van der Waals surface area contributed by atoms with Gasteiger partial charge in [-0.1, -0.05) is 12.1 Å². The smallest absolute Gasteiger partial charge is 0.223 e. The first-order valence-corrected chi connectivity index (χ1v) is 9.42. The number of hydrogen-bond acceptors (Lipinski definition) is 6. The molecule has 1 amide bonds. The molecule has 7 heteroatoms. The standard InChI is InChI=1S/C22H27NO6/c1-26-17-8-5-14(11-19(17)28-3)13-23-16(7-10-21(23)24)22(25)15-6-9-18(27-2)20(12-15)29-4/h5-6,8-9,11-12,16,22,25H,7,10,13H2,1-4H3/t16-,22-/m1/s1. The summed E-state index contributed by atoms with van der Waals surface area (Å²) in [5, 5.41) is 11.0. The molecule has 29 heavy (non-hydrogen) atoms. The topological polar surface area (TPSA) is 77.5 Å². The van der Waals surface area contributed by atoms with E-state index in [1.165, 1.54) is 0 Å². The fourth-order valence-corrected chi connectivity index (χ4v) is 3.72. The third kappa shape index (κ3) is 4.24. The highest BCUT2D eigenvalue weighted by Crippen LogP contribution is 2.36. The Bertz CT molecular complexity index is 868. The van der Waals surface area contributed by atoms with Gasteiger partial charge >= 0.3 is 0 Å². The summed E-state index contributed by atoms with van der Waals surface area (Å²) in [6.07, 6.45) is 0.158. The van der Waals surface area contributed by atoms with Crippen LogP contribution in [0.1, 0.15) is 30.1 Å². The number of carbonyl (C=O) groups excluding carboxylic acids is 1. The van der Waals surface area contributed by atoms with Crippen molar-refractivity contribution in [2.24, 2.45) is 0 Å². The molecule has 2 aromatic carbocycles. The molecule has 1 fully saturated rings. The van der Waals surface area contributed by atoms with Crippen LogP contribution >= 0.6 is 0 Å². The van der Waals surface area contributed by atoms with Crippen LogP contribution in [0.3, 0.4) is 0 Å². The summed E-state index contributed by atoms with van der Waals surface area (Å²) in [5.41, 5.74) is 1.59. The molecule has 2 atom stereocenters. The lowest BCUT2D eigenvalue weighted by molar-refractivity contribution is -0.131. The molecule has 1 saturated heterocycles. The third-order valence-electron chi connectivity index (χ3n) is 5.29. The van der Waals surface area contributed by atoms with Crippen molar-refractivity contribution >= 4 is 5.91 Å². The van der Waals surface area contributed by atoms with Crippen molar-refractivity contribution in [3.05, 3.63) is 47.5 Å². The van der Waals surface area contributed by atoms with Crippen LogP contribution in [0.5, 0.6) is 23.0 Å². The normalized spacial score (nSPS) is 17.2. The van der Waals surface area contributed by atoms with Crippen molar-refractivity contribution in [2.75, 3.05) is 28.4 Å². The minimum Gasteiger partial charge on any atom is -0.493 e. The highest BCUT2D eigenvalue weighted by atomic mass is 16.5. The van der Waals surface area contributed by atoms with Crippen molar-refractivity contribution in [1.29, 1.82) is 0 Å². The quantitative estimate of drug-likeness (QED) is 0.733. The maximum Gasteiger partial charge on any atom is 0.223 e. The summed E-state index contributed by atoms with van der Waals surface area (Å²) in [5.74, 6) is 2.39. The first kappa shape index (κ1) is 20.8. The summed E-state index contributed by atoms with van der Waals surface area (Å²) >= 11 is 0. The molecule has 0 saturated carbocycles. The van der Waals surface area contributed by atoms with Gasteiger partial charge in [0, 0.05) is 13.0 Å². The Balaban J connectivity index is 1.83. The highest BCUT2D eigenvalue weighted by Gasteiger charge is 2.36. The van der Waals surface area contributed by atoms with Gasteiger partial charge in [0.1, 0.15) is 0 Å². The minimum atomic E-state index is -0.832. The Morgan fingerprint density at radius 3 is 2.14 bits per heavy atom. The van der Waals surface area contributed by atoms with Crippen LogP contribution in [0.25, 0.3) is 0 Å². The van der Waals surface area contributed by atoms with E-state index in [0.29, 0.717) is 47.9 Å². The second-order valence-electron chi connectivity index (χ2n) is 6.88. The fraction of sp³-hybridized carbons (Fsp3) is 0.409. The molecule has 0 bridgehead atoms.